The van der Waals surface area contributed by atoms with Crippen LogP contribution >= 0.6 is 11.7 Å². The Kier molecular flexibility index (Phi) is 3.57. The molecule has 0 atom stereocenters. The van der Waals surface area contributed by atoms with Crippen molar-refractivity contribution in [2.45, 2.75) is 25.7 Å². The molecule has 6 nitrogen and oxygen atoms in total. The number of carbonyl (C=O) groups excluding carboxylic acids is 1. The van der Waals surface area contributed by atoms with Gasteiger partial charge in [0.15, 0.2) is 17.2 Å². The van der Waals surface area contributed by atoms with Crippen molar-refractivity contribution in [2.75, 3.05) is 13.1 Å². The van der Waals surface area contributed by atoms with Gasteiger partial charge in [0.2, 0.25) is 0 Å². The van der Waals surface area contributed by atoms with Crippen molar-refractivity contribution < 1.29 is 9.21 Å². The molecule has 7 heteroatoms. The van der Waals surface area contributed by atoms with E-state index in [1.54, 1.807) is 0 Å². The fourth-order valence-corrected chi connectivity index (χ4v) is 3.51. The van der Waals surface area contributed by atoms with Gasteiger partial charge >= 0.3 is 0 Å². The van der Waals surface area contributed by atoms with Gasteiger partial charge in [-0.3, -0.25) is 4.79 Å². The highest BCUT2D eigenvalue weighted by atomic mass is 32.1. The monoisotopic (exact) mass is 328 g/mol. The molecular formula is C16H16N4O2S. The SMILES string of the molecule is Cc1nsnc1C(=O)N1CCC(c2nc3ccccc3o2)CC1. The Hall–Kier alpha value is -2.28. The van der Waals surface area contributed by atoms with E-state index in [4.69, 9.17) is 4.42 Å². The fraction of sp³-hybridized carbons (Fsp3) is 0.375. The van der Waals surface area contributed by atoms with Crippen molar-refractivity contribution in [1.82, 2.24) is 18.6 Å². The lowest BCUT2D eigenvalue weighted by Gasteiger charge is -2.30. The molecule has 1 aliphatic rings. The molecule has 23 heavy (non-hydrogen) atoms. The summed E-state index contributed by atoms with van der Waals surface area (Å²) in [5.41, 5.74) is 2.91. The zero-order chi connectivity index (χ0) is 15.8. The second-order valence-corrected chi connectivity index (χ2v) is 6.31. The minimum atomic E-state index is -0.0211. The molecule has 1 aromatic carbocycles. The average molecular weight is 328 g/mol. The lowest BCUT2D eigenvalue weighted by Crippen LogP contribution is -2.38. The van der Waals surface area contributed by atoms with Gasteiger partial charge in [-0.15, -0.1) is 0 Å². The molecule has 3 heterocycles. The standard InChI is InChI=1S/C16H16N4O2S/c1-10-14(19-23-18-10)16(21)20-8-6-11(7-9-20)15-17-12-4-2-3-5-13(12)22-15/h2-5,11H,6-9H2,1H3. The first-order valence-electron chi connectivity index (χ1n) is 7.66. The molecule has 0 radical (unpaired) electrons. The Morgan fingerprint density at radius 2 is 2.04 bits per heavy atom. The predicted octanol–water partition coefficient (Wildman–Crippen LogP) is 3.01. The van der Waals surface area contributed by atoms with Crippen molar-refractivity contribution in [1.29, 1.82) is 0 Å². The van der Waals surface area contributed by atoms with Gasteiger partial charge in [-0.1, -0.05) is 12.1 Å². The third-order valence-electron chi connectivity index (χ3n) is 4.30. The van der Waals surface area contributed by atoms with Crippen LogP contribution in [-0.2, 0) is 0 Å². The van der Waals surface area contributed by atoms with Crippen LogP contribution in [0.4, 0.5) is 0 Å². The maximum Gasteiger partial charge on any atom is 0.275 e. The van der Waals surface area contributed by atoms with Crippen LogP contribution in [0.2, 0.25) is 0 Å². The number of likely N-dealkylation sites (tertiary alicyclic amines) is 1. The van der Waals surface area contributed by atoms with E-state index in [-0.39, 0.29) is 11.8 Å². The van der Waals surface area contributed by atoms with E-state index in [9.17, 15) is 4.79 Å². The molecular weight excluding hydrogens is 312 g/mol. The van der Waals surface area contributed by atoms with Gasteiger partial charge in [0.05, 0.1) is 17.4 Å². The Morgan fingerprint density at radius 3 is 2.74 bits per heavy atom. The average Bonchev–Trinajstić information content (AvgIpc) is 3.20. The lowest BCUT2D eigenvalue weighted by molar-refractivity contribution is 0.0701. The number of piperidine rings is 1. The minimum absolute atomic E-state index is 0.0211. The highest BCUT2D eigenvalue weighted by Gasteiger charge is 2.29. The molecule has 0 aliphatic carbocycles. The quantitative estimate of drug-likeness (QED) is 0.723. The maximum absolute atomic E-state index is 12.5. The summed E-state index contributed by atoms with van der Waals surface area (Å²) in [7, 11) is 0. The van der Waals surface area contributed by atoms with Gasteiger partial charge in [-0.25, -0.2) is 4.98 Å². The molecule has 2 aromatic heterocycles. The zero-order valence-corrected chi connectivity index (χ0v) is 13.5. The van der Waals surface area contributed by atoms with Crippen LogP contribution in [0, 0.1) is 6.92 Å². The normalized spacial score (nSPS) is 16.1. The van der Waals surface area contributed by atoms with Crippen molar-refractivity contribution in [2.24, 2.45) is 0 Å². The van der Waals surface area contributed by atoms with Crippen LogP contribution in [0.15, 0.2) is 28.7 Å². The van der Waals surface area contributed by atoms with Gasteiger partial charge in [-0.2, -0.15) is 8.75 Å². The van der Waals surface area contributed by atoms with Gasteiger partial charge in [0.25, 0.3) is 5.91 Å². The first kappa shape index (κ1) is 14.3. The third kappa shape index (κ3) is 2.61. The Balaban J connectivity index is 1.46. The predicted molar refractivity (Wildman–Crippen MR) is 86.5 cm³/mol. The van der Waals surface area contributed by atoms with Crippen LogP contribution < -0.4 is 0 Å². The first-order chi connectivity index (χ1) is 11.2. The van der Waals surface area contributed by atoms with Crippen LogP contribution in [-0.4, -0.2) is 37.6 Å². The highest BCUT2D eigenvalue weighted by molar-refractivity contribution is 6.99. The summed E-state index contributed by atoms with van der Waals surface area (Å²) in [6, 6.07) is 7.80. The highest BCUT2D eigenvalue weighted by Crippen LogP contribution is 2.30. The van der Waals surface area contributed by atoms with E-state index in [0.717, 1.165) is 41.6 Å². The first-order valence-corrected chi connectivity index (χ1v) is 8.39. The van der Waals surface area contributed by atoms with E-state index in [1.165, 1.54) is 0 Å². The summed E-state index contributed by atoms with van der Waals surface area (Å²) in [5, 5.41) is 0. The zero-order valence-electron chi connectivity index (χ0n) is 12.7. The topological polar surface area (TPSA) is 72.1 Å². The largest absolute Gasteiger partial charge is 0.440 e. The number of oxazole rings is 1. The molecule has 4 rings (SSSR count). The number of benzene rings is 1. The number of aromatic nitrogens is 3. The number of rotatable bonds is 2. The summed E-state index contributed by atoms with van der Waals surface area (Å²) in [6.45, 7) is 3.21. The summed E-state index contributed by atoms with van der Waals surface area (Å²) < 4.78 is 14.0. The Labute approximate surface area is 137 Å². The van der Waals surface area contributed by atoms with Crippen molar-refractivity contribution in [3.63, 3.8) is 0 Å². The van der Waals surface area contributed by atoms with E-state index in [0.29, 0.717) is 24.5 Å². The Morgan fingerprint density at radius 1 is 1.26 bits per heavy atom. The number of fused-ring (bicyclic) bond motifs is 1. The molecule has 0 N–H and O–H groups in total. The molecule has 1 aliphatic heterocycles. The molecule has 1 saturated heterocycles. The van der Waals surface area contributed by atoms with E-state index in [1.807, 2.05) is 36.1 Å². The molecule has 1 fully saturated rings. The number of amides is 1. The molecule has 1 amide bonds. The second-order valence-electron chi connectivity index (χ2n) is 5.78. The molecule has 118 valence electrons. The lowest BCUT2D eigenvalue weighted by atomic mass is 9.96. The van der Waals surface area contributed by atoms with Gasteiger partial charge in [-0.05, 0) is 31.9 Å². The molecule has 3 aromatic rings. The molecule has 0 bridgehead atoms. The van der Waals surface area contributed by atoms with Gasteiger partial charge in [0.1, 0.15) is 5.52 Å². The van der Waals surface area contributed by atoms with Crippen LogP contribution in [0.5, 0.6) is 0 Å². The number of hydrogen-bond acceptors (Lipinski definition) is 6. The van der Waals surface area contributed by atoms with Crippen LogP contribution in [0.3, 0.4) is 0 Å². The second kappa shape index (κ2) is 5.73. The van der Waals surface area contributed by atoms with Crippen molar-refractivity contribution in [3.05, 3.63) is 41.5 Å². The smallest absolute Gasteiger partial charge is 0.275 e. The van der Waals surface area contributed by atoms with E-state index >= 15 is 0 Å². The summed E-state index contributed by atoms with van der Waals surface area (Å²) in [5.74, 6) is 1.03. The number of aryl methyl sites for hydroxylation is 1. The summed E-state index contributed by atoms with van der Waals surface area (Å²) in [6.07, 6.45) is 1.71. The van der Waals surface area contributed by atoms with Gasteiger partial charge < -0.3 is 9.32 Å². The molecule has 0 spiro atoms. The minimum Gasteiger partial charge on any atom is -0.440 e. The maximum atomic E-state index is 12.5. The van der Waals surface area contributed by atoms with Crippen molar-refractivity contribution in [3.8, 4) is 0 Å². The van der Waals surface area contributed by atoms with Crippen molar-refractivity contribution >= 4 is 28.7 Å². The number of para-hydroxylation sites is 2. The fourth-order valence-electron chi connectivity index (χ4n) is 2.97. The molecule has 0 saturated carbocycles. The molecule has 0 unspecified atom stereocenters. The van der Waals surface area contributed by atoms with E-state index in [2.05, 4.69) is 13.7 Å². The van der Waals surface area contributed by atoms with Gasteiger partial charge in [0, 0.05) is 19.0 Å². The Bertz CT molecular complexity index is 816. The summed E-state index contributed by atoms with van der Waals surface area (Å²) >= 11 is 1.09. The summed E-state index contributed by atoms with van der Waals surface area (Å²) in [4.78, 5) is 18.9. The van der Waals surface area contributed by atoms with E-state index < -0.39 is 0 Å². The number of nitrogens with zero attached hydrogens (tertiary/aromatic N) is 4. The van der Waals surface area contributed by atoms with Crippen LogP contribution in [0.1, 0.15) is 40.8 Å². The van der Waals surface area contributed by atoms with Crippen LogP contribution in [0.25, 0.3) is 11.1 Å². The number of hydrogen-bond donors (Lipinski definition) is 0. The number of carbonyl (C=O) groups is 1. The third-order valence-corrected chi connectivity index (χ3v) is 4.92.